The molecule has 3 aromatic carbocycles. The SMILES string of the molecule is CCOC(=O)C(C)OC1(c2ccc(OCc3cccc(-c4ccccc4C)c3)cc2)COC1. The maximum Gasteiger partial charge on any atom is 0.334 e. The highest BCUT2D eigenvalue weighted by atomic mass is 16.6. The molecule has 0 saturated carbocycles. The third-order valence-electron chi connectivity index (χ3n) is 5.86. The Labute approximate surface area is 195 Å². The first kappa shape index (κ1) is 23.0. The second kappa shape index (κ2) is 10.2. The van der Waals surface area contributed by atoms with Gasteiger partial charge in [0.2, 0.25) is 0 Å². The van der Waals surface area contributed by atoms with Crippen LogP contribution in [0.2, 0.25) is 0 Å². The third kappa shape index (κ3) is 5.27. The van der Waals surface area contributed by atoms with Crippen LogP contribution in [0.3, 0.4) is 0 Å². The third-order valence-corrected chi connectivity index (χ3v) is 5.86. The Morgan fingerprint density at radius 3 is 2.45 bits per heavy atom. The molecule has 3 aromatic rings. The largest absolute Gasteiger partial charge is 0.489 e. The molecule has 1 aliphatic rings. The molecule has 0 aromatic heterocycles. The molecule has 5 nitrogen and oxygen atoms in total. The Hall–Kier alpha value is -3.15. The van der Waals surface area contributed by atoms with E-state index < -0.39 is 11.7 Å². The zero-order valence-electron chi connectivity index (χ0n) is 19.4. The molecule has 1 heterocycles. The molecule has 1 unspecified atom stereocenters. The highest BCUT2D eigenvalue weighted by Gasteiger charge is 2.44. The molecule has 1 atom stereocenters. The van der Waals surface area contributed by atoms with Crippen molar-refractivity contribution in [2.24, 2.45) is 0 Å². The quantitative estimate of drug-likeness (QED) is 0.410. The minimum absolute atomic E-state index is 0.329. The predicted octanol–water partition coefficient (Wildman–Crippen LogP) is 5.43. The van der Waals surface area contributed by atoms with E-state index in [1.54, 1.807) is 13.8 Å². The first-order chi connectivity index (χ1) is 16.0. The van der Waals surface area contributed by atoms with Crippen LogP contribution in [-0.4, -0.2) is 31.9 Å². The van der Waals surface area contributed by atoms with Crippen molar-refractivity contribution in [3.8, 4) is 16.9 Å². The summed E-state index contributed by atoms with van der Waals surface area (Å²) >= 11 is 0. The van der Waals surface area contributed by atoms with E-state index in [0.717, 1.165) is 16.9 Å². The van der Waals surface area contributed by atoms with E-state index >= 15 is 0 Å². The van der Waals surface area contributed by atoms with Gasteiger partial charge in [0.1, 0.15) is 18.0 Å². The van der Waals surface area contributed by atoms with Crippen molar-refractivity contribution in [1.82, 2.24) is 0 Å². The van der Waals surface area contributed by atoms with Crippen molar-refractivity contribution < 1.29 is 23.7 Å². The normalized spacial score (nSPS) is 15.4. The Kier molecular flexibility index (Phi) is 7.11. The minimum Gasteiger partial charge on any atom is -0.489 e. The van der Waals surface area contributed by atoms with Crippen molar-refractivity contribution in [3.05, 3.63) is 89.5 Å². The monoisotopic (exact) mass is 446 g/mol. The summed E-state index contributed by atoms with van der Waals surface area (Å²) < 4.78 is 22.6. The van der Waals surface area contributed by atoms with Gasteiger partial charge in [-0.15, -0.1) is 0 Å². The molecule has 1 aliphatic heterocycles. The fourth-order valence-electron chi connectivity index (χ4n) is 3.98. The Balaban J connectivity index is 1.41. The van der Waals surface area contributed by atoms with Crippen LogP contribution in [0, 0.1) is 6.92 Å². The molecular formula is C28H30O5. The number of rotatable bonds is 9. The van der Waals surface area contributed by atoms with Gasteiger partial charge in [0.05, 0.1) is 19.8 Å². The van der Waals surface area contributed by atoms with Crippen LogP contribution in [-0.2, 0) is 31.2 Å². The lowest BCUT2D eigenvalue weighted by Gasteiger charge is -2.42. The maximum absolute atomic E-state index is 12.0. The van der Waals surface area contributed by atoms with Gasteiger partial charge in [0, 0.05) is 0 Å². The topological polar surface area (TPSA) is 54.0 Å². The average Bonchev–Trinajstić information content (AvgIpc) is 2.81. The highest BCUT2D eigenvalue weighted by Crippen LogP contribution is 2.36. The van der Waals surface area contributed by atoms with Gasteiger partial charge in [0.15, 0.2) is 6.10 Å². The summed E-state index contributed by atoms with van der Waals surface area (Å²) in [5.41, 5.74) is 5.10. The van der Waals surface area contributed by atoms with Gasteiger partial charge < -0.3 is 18.9 Å². The second-order valence-electron chi connectivity index (χ2n) is 8.33. The van der Waals surface area contributed by atoms with Crippen LogP contribution in [0.25, 0.3) is 11.1 Å². The number of ether oxygens (including phenoxy) is 4. The first-order valence-electron chi connectivity index (χ1n) is 11.3. The van der Waals surface area contributed by atoms with Crippen molar-refractivity contribution >= 4 is 5.97 Å². The summed E-state index contributed by atoms with van der Waals surface area (Å²) in [6, 6.07) is 24.6. The number of benzene rings is 3. The lowest BCUT2D eigenvalue weighted by molar-refractivity contribution is -0.239. The summed E-state index contributed by atoms with van der Waals surface area (Å²) in [5, 5.41) is 0. The van der Waals surface area contributed by atoms with E-state index in [-0.39, 0.29) is 5.97 Å². The number of aryl methyl sites for hydroxylation is 1. The molecular weight excluding hydrogens is 416 g/mol. The van der Waals surface area contributed by atoms with Crippen molar-refractivity contribution in [2.75, 3.05) is 19.8 Å². The fraction of sp³-hybridized carbons (Fsp3) is 0.321. The molecule has 5 heteroatoms. The van der Waals surface area contributed by atoms with Crippen molar-refractivity contribution in [3.63, 3.8) is 0 Å². The summed E-state index contributed by atoms with van der Waals surface area (Å²) in [5.74, 6) is 0.408. The number of hydrogen-bond donors (Lipinski definition) is 0. The van der Waals surface area contributed by atoms with Crippen LogP contribution >= 0.6 is 0 Å². The van der Waals surface area contributed by atoms with Crippen LogP contribution < -0.4 is 4.74 Å². The Bertz CT molecular complexity index is 1090. The molecule has 1 fully saturated rings. The predicted molar refractivity (Wildman–Crippen MR) is 127 cm³/mol. The first-order valence-corrected chi connectivity index (χ1v) is 11.3. The lowest BCUT2D eigenvalue weighted by atomic mass is 9.91. The molecule has 172 valence electrons. The summed E-state index contributed by atoms with van der Waals surface area (Å²) in [6.07, 6.45) is -0.662. The molecule has 0 radical (unpaired) electrons. The lowest BCUT2D eigenvalue weighted by Crippen LogP contribution is -2.51. The number of carbonyl (C=O) groups excluding carboxylic acids is 1. The van der Waals surface area contributed by atoms with E-state index in [2.05, 4.69) is 55.5 Å². The van der Waals surface area contributed by atoms with E-state index in [1.807, 2.05) is 24.3 Å². The van der Waals surface area contributed by atoms with Gasteiger partial charge in [-0.1, -0.05) is 54.6 Å². The second-order valence-corrected chi connectivity index (χ2v) is 8.33. The Morgan fingerprint density at radius 2 is 1.79 bits per heavy atom. The smallest absolute Gasteiger partial charge is 0.334 e. The average molecular weight is 447 g/mol. The standard InChI is InChI=1S/C28H30O5/c1-4-31-27(29)21(3)33-28(18-30-19-28)24-12-14-25(15-13-24)32-17-22-9-7-10-23(16-22)26-11-6-5-8-20(26)2/h5-16,21H,4,17-19H2,1-3H3. The maximum atomic E-state index is 12.0. The van der Waals surface area contributed by atoms with E-state index in [4.69, 9.17) is 18.9 Å². The number of carbonyl (C=O) groups is 1. The van der Waals surface area contributed by atoms with Gasteiger partial charge in [-0.25, -0.2) is 4.79 Å². The van der Waals surface area contributed by atoms with Gasteiger partial charge in [-0.2, -0.15) is 0 Å². The summed E-state index contributed by atoms with van der Waals surface area (Å²) in [4.78, 5) is 12.0. The number of hydrogen-bond acceptors (Lipinski definition) is 5. The van der Waals surface area contributed by atoms with Crippen LogP contribution in [0.4, 0.5) is 0 Å². The molecule has 0 amide bonds. The molecule has 4 rings (SSSR count). The molecule has 0 spiro atoms. The van der Waals surface area contributed by atoms with Gasteiger partial charge in [-0.3, -0.25) is 0 Å². The molecule has 0 bridgehead atoms. The summed E-state index contributed by atoms with van der Waals surface area (Å²) in [7, 11) is 0. The van der Waals surface area contributed by atoms with Crippen LogP contribution in [0.1, 0.15) is 30.5 Å². The molecule has 1 saturated heterocycles. The zero-order chi connectivity index (χ0) is 23.3. The van der Waals surface area contributed by atoms with E-state index in [1.165, 1.54) is 16.7 Å². The van der Waals surface area contributed by atoms with E-state index in [9.17, 15) is 4.79 Å². The molecule has 33 heavy (non-hydrogen) atoms. The minimum atomic E-state index is -0.662. The van der Waals surface area contributed by atoms with Gasteiger partial charge in [0.25, 0.3) is 0 Å². The van der Waals surface area contributed by atoms with Gasteiger partial charge >= 0.3 is 5.97 Å². The van der Waals surface area contributed by atoms with Gasteiger partial charge in [-0.05, 0) is 66.8 Å². The fourth-order valence-corrected chi connectivity index (χ4v) is 3.98. The number of esters is 1. The van der Waals surface area contributed by atoms with E-state index in [0.29, 0.717) is 26.4 Å². The van der Waals surface area contributed by atoms with Crippen LogP contribution in [0.5, 0.6) is 5.75 Å². The molecule has 0 aliphatic carbocycles. The molecule has 0 N–H and O–H groups in total. The Morgan fingerprint density at radius 1 is 1.03 bits per heavy atom. The zero-order valence-corrected chi connectivity index (χ0v) is 19.4. The van der Waals surface area contributed by atoms with Crippen molar-refractivity contribution in [1.29, 1.82) is 0 Å². The highest BCUT2D eigenvalue weighted by molar-refractivity contribution is 5.74. The summed E-state index contributed by atoms with van der Waals surface area (Å²) in [6.45, 7) is 7.23. The van der Waals surface area contributed by atoms with Crippen molar-refractivity contribution in [2.45, 2.75) is 39.1 Å². The van der Waals surface area contributed by atoms with Crippen LogP contribution in [0.15, 0.2) is 72.8 Å².